The molecule has 7 nitrogen and oxygen atoms in total. The summed E-state index contributed by atoms with van der Waals surface area (Å²) in [5.74, 6) is 0. The minimum Gasteiger partial charge on any atom is -0.308 e. The molecule has 214 valence electrons. The lowest BCUT2D eigenvalue weighted by Gasteiger charge is -2.34. The Bertz CT molecular complexity index is 2740. The number of aryl methyl sites for hydroxylation is 1. The van der Waals surface area contributed by atoms with Gasteiger partial charge in [0.1, 0.15) is 0 Å². The van der Waals surface area contributed by atoms with Crippen molar-refractivity contribution in [1.29, 1.82) is 0 Å². The van der Waals surface area contributed by atoms with Crippen molar-refractivity contribution in [2.24, 2.45) is 0 Å². The van der Waals surface area contributed by atoms with Crippen molar-refractivity contribution < 1.29 is 4.92 Å². The van der Waals surface area contributed by atoms with Crippen molar-refractivity contribution >= 4 is 83.4 Å². The molecule has 0 radical (unpaired) electrons. The molecule has 1 aliphatic rings. The molecule has 0 fully saturated rings. The number of aromatic nitrogens is 1. The van der Waals surface area contributed by atoms with E-state index in [-0.39, 0.29) is 21.9 Å². The summed E-state index contributed by atoms with van der Waals surface area (Å²) >= 11 is 1.64. The van der Waals surface area contributed by atoms with E-state index in [4.69, 9.17) is 0 Å². The Balaban J connectivity index is 1.42. The topological polar surface area (TPSA) is 84.9 Å². The normalized spacial score (nSPS) is 12.8. The third kappa shape index (κ3) is 3.60. The SMILES string of the molecule is Cc1ccc2c(c1)N(c1ccc3ccccc3c1)c1cc3c(=O)c4cccc5c(=O)c6cc([N+](=O)[O-])ccc6n(c3cc1S2)c54. The quantitative estimate of drug-likeness (QED) is 0.0849. The lowest BCUT2D eigenvalue weighted by atomic mass is 10.0. The molecule has 2 aromatic heterocycles. The van der Waals surface area contributed by atoms with Gasteiger partial charge in [-0.1, -0.05) is 54.2 Å². The molecule has 0 amide bonds. The van der Waals surface area contributed by atoms with Gasteiger partial charge in [-0.2, -0.15) is 0 Å². The molecule has 9 rings (SSSR count). The number of benzene rings is 6. The van der Waals surface area contributed by atoms with Crippen molar-refractivity contribution in [2.45, 2.75) is 16.7 Å². The third-order valence-electron chi connectivity index (χ3n) is 8.80. The van der Waals surface area contributed by atoms with E-state index in [1.54, 1.807) is 36.0 Å². The maximum atomic E-state index is 14.3. The molecule has 6 aromatic carbocycles. The van der Waals surface area contributed by atoms with Crippen molar-refractivity contribution in [3.8, 4) is 0 Å². The van der Waals surface area contributed by atoms with Gasteiger partial charge in [-0.25, -0.2) is 0 Å². The van der Waals surface area contributed by atoms with E-state index in [0.717, 1.165) is 43.2 Å². The summed E-state index contributed by atoms with van der Waals surface area (Å²) in [4.78, 5) is 43.3. The Morgan fingerprint density at radius 2 is 1.38 bits per heavy atom. The van der Waals surface area contributed by atoms with Gasteiger partial charge in [-0.15, -0.1) is 0 Å². The second-order valence-electron chi connectivity index (χ2n) is 11.4. The van der Waals surface area contributed by atoms with Gasteiger partial charge in [0.15, 0.2) is 10.9 Å². The van der Waals surface area contributed by atoms with Crippen LogP contribution in [0.2, 0.25) is 0 Å². The summed E-state index contributed by atoms with van der Waals surface area (Å²) in [5.41, 5.74) is 5.04. The molecule has 0 atom stereocenters. The molecule has 0 saturated carbocycles. The molecule has 0 unspecified atom stereocenters. The molecule has 0 N–H and O–H groups in total. The predicted molar refractivity (Wildman–Crippen MR) is 181 cm³/mol. The monoisotopic (exact) mass is 603 g/mol. The van der Waals surface area contributed by atoms with Crippen LogP contribution in [-0.2, 0) is 0 Å². The number of nitro benzene ring substituents is 1. The maximum absolute atomic E-state index is 14.3. The Labute approximate surface area is 259 Å². The van der Waals surface area contributed by atoms with E-state index in [2.05, 4.69) is 60.4 Å². The van der Waals surface area contributed by atoms with Crippen LogP contribution in [0.1, 0.15) is 5.56 Å². The summed E-state index contributed by atoms with van der Waals surface area (Å²) in [5, 5.41) is 15.4. The van der Waals surface area contributed by atoms with Crippen LogP contribution in [0.25, 0.3) is 48.9 Å². The summed E-state index contributed by atoms with van der Waals surface area (Å²) in [6.07, 6.45) is 0. The number of nitro groups is 1. The number of anilines is 3. The van der Waals surface area contributed by atoms with Crippen molar-refractivity contribution in [3.05, 3.63) is 145 Å². The average molecular weight is 604 g/mol. The highest BCUT2D eigenvalue weighted by atomic mass is 32.2. The highest BCUT2D eigenvalue weighted by molar-refractivity contribution is 7.99. The molecule has 8 heteroatoms. The minimum absolute atomic E-state index is 0.158. The lowest BCUT2D eigenvalue weighted by molar-refractivity contribution is -0.384. The fourth-order valence-electron chi connectivity index (χ4n) is 6.74. The fraction of sp³-hybridized carbons (Fsp3) is 0.0270. The molecular formula is C37H21N3O4S. The zero-order valence-corrected chi connectivity index (χ0v) is 24.6. The van der Waals surface area contributed by atoms with Gasteiger partial charge < -0.3 is 9.30 Å². The summed E-state index contributed by atoms with van der Waals surface area (Å²) < 4.78 is 1.92. The highest BCUT2D eigenvalue weighted by Crippen LogP contribution is 2.53. The summed E-state index contributed by atoms with van der Waals surface area (Å²) in [6.45, 7) is 2.07. The van der Waals surface area contributed by atoms with Gasteiger partial charge in [0.2, 0.25) is 0 Å². The molecule has 0 spiro atoms. The van der Waals surface area contributed by atoms with Crippen molar-refractivity contribution in [2.75, 3.05) is 4.90 Å². The van der Waals surface area contributed by atoms with Gasteiger partial charge in [-0.05, 0) is 77.9 Å². The number of hydrogen-bond acceptors (Lipinski definition) is 6. The molecule has 0 saturated heterocycles. The van der Waals surface area contributed by atoms with E-state index < -0.39 is 4.92 Å². The Morgan fingerprint density at radius 3 is 2.16 bits per heavy atom. The smallest absolute Gasteiger partial charge is 0.270 e. The number of hydrogen-bond donors (Lipinski definition) is 0. The Hall–Kier alpha value is -5.73. The van der Waals surface area contributed by atoms with Crippen LogP contribution in [0.5, 0.6) is 0 Å². The number of para-hydroxylation sites is 1. The zero-order valence-electron chi connectivity index (χ0n) is 23.8. The second kappa shape index (κ2) is 9.14. The molecule has 3 heterocycles. The lowest BCUT2D eigenvalue weighted by Crippen LogP contribution is -2.18. The van der Waals surface area contributed by atoms with Crippen LogP contribution in [0.4, 0.5) is 22.7 Å². The van der Waals surface area contributed by atoms with E-state index in [1.807, 2.05) is 28.7 Å². The van der Waals surface area contributed by atoms with E-state index in [1.165, 1.54) is 12.1 Å². The Morgan fingerprint density at radius 1 is 0.644 bits per heavy atom. The average Bonchev–Trinajstić information content (AvgIpc) is 3.06. The van der Waals surface area contributed by atoms with Crippen LogP contribution in [0.3, 0.4) is 0 Å². The largest absolute Gasteiger partial charge is 0.308 e. The van der Waals surface area contributed by atoms with Gasteiger partial charge >= 0.3 is 0 Å². The minimum atomic E-state index is -0.499. The molecular weight excluding hydrogens is 582 g/mol. The van der Waals surface area contributed by atoms with Gasteiger partial charge in [0.05, 0.1) is 38.2 Å². The maximum Gasteiger partial charge on any atom is 0.270 e. The molecule has 45 heavy (non-hydrogen) atoms. The highest BCUT2D eigenvalue weighted by Gasteiger charge is 2.28. The first kappa shape index (κ1) is 25.7. The van der Waals surface area contributed by atoms with Gasteiger partial charge in [0, 0.05) is 43.8 Å². The predicted octanol–water partition coefficient (Wildman–Crippen LogP) is 8.86. The molecule has 0 bridgehead atoms. The van der Waals surface area contributed by atoms with Crippen LogP contribution >= 0.6 is 11.8 Å². The number of nitrogens with zero attached hydrogens (tertiary/aromatic N) is 3. The third-order valence-corrected chi connectivity index (χ3v) is 9.91. The van der Waals surface area contributed by atoms with Crippen molar-refractivity contribution in [1.82, 2.24) is 4.40 Å². The van der Waals surface area contributed by atoms with E-state index in [9.17, 15) is 19.7 Å². The van der Waals surface area contributed by atoms with Crippen molar-refractivity contribution in [3.63, 3.8) is 0 Å². The van der Waals surface area contributed by atoms with E-state index >= 15 is 0 Å². The zero-order chi connectivity index (χ0) is 30.6. The number of pyridine rings is 2. The van der Waals surface area contributed by atoms with Crippen LogP contribution < -0.4 is 15.8 Å². The summed E-state index contributed by atoms with van der Waals surface area (Å²) in [6, 6.07) is 34.5. The molecule has 1 aliphatic heterocycles. The Kier molecular flexibility index (Phi) is 5.23. The van der Waals surface area contributed by atoms with Gasteiger partial charge in [0.25, 0.3) is 5.69 Å². The summed E-state index contributed by atoms with van der Waals surface area (Å²) in [7, 11) is 0. The van der Waals surface area contributed by atoms with Crippen LogP contribution in [0.15, 0.2) is 129 Å². The second-order valence-corrected chi connectivity index (χ2v) is 12.5. The number of non-ortho nitro benzene ring substituents is 1. The fourth-order valence-corrected chi connectivity index (χ4v) is 7.79. The number of fused-ring (bicyclic) bond motifs is 7. The first-order valence-corrected chi connectivity index (χ1v) is 15.3. The molecule has 8 aromatic rings. The first-order chi connectivity index (χ1) is 21.9. The molecule has 0 aliphatic carbocycles. The number of rotatable bonds is 2. The van der Waals surface area contributed by atoms with E-state index in [0.29, 0.717) is 32.7 Å². The van der Waals surface area contributed by atoms with Crippen LogP contribution in [0, 0.1) is 17.0 Å². The first-order valence-electron chi connectivity index (χ1n) is 14.4. The standard InChI is InChI=1S/C37H21N3O4S/c1-20-9-14-33-31(15-20)38(23-11-10-21-5-2-3-6-22(21)16-23)32-18-28-30(19-34(32)45-33)39-29-13-12-24(40(43)44)17-27(29)36(41)25-7-4-8-26(35(25)39)37(28)42/h2-19H,1H3. The van der Waals surface area contributed by atoms with Crippen LogP contribution in [-0.4, -0.2) is 9.32 Å². The van der Waals surface area contributed by atoms with Gasteiger partial charge in [-0.3, -0.25) is 19.7 Å².